The van der Waals surface area contributed by atoms with Crippen LogP contribution in [0.1, 0.15) is 32.1 Å². The van der Waals surface area contributed by atoms with Crippen molar-refractivity contribution < 1.29 is 24.0 Å². The van der Waals surface area contributed by atoms with Crippen LogP contribution in [0.4, 0.5) is 10.5 Å². The zero-order chi connectivity index (χ0) is 20.1. The van der Waals surface area contributed by atoms with Crippen molar-refractivity contribution in [2.45, 2.75) is 37.6 Å². The third kappa shape index (κ3) is 4.05. The van der Waals surface area contributed by atoms with Gasteiger partial charge in [-0.05, 0) is 25.3 Å². The Morgan fingerprint density at radius 1 is 1.29 bits per heavy atom. The van der Waals surface area contributed by atoms with E-state index >= 15 is 0 Å². The lowest BCUT2D eigenvalue weighted by Gasteiger charge is -2.20. The second-order valence-electron chi connectivity index (χ2n) is 6.89. The number of carbonyl (C=O) groups is 3. The van der Waals surface area contributed by atoms with Crippen molar-refractivity contribution in [3.05, 3.63) is 34.4 Å². The molecular formula is C18H22N4O6. The van der Waals surface area contributed by atoms with Gasteiger partial charge in [-0.25, -0.2) is 4.79 Å². The summed E-state index contributed by atoms with van der Waals surface area (Å²) in [7, 11) is 0. The van der Waals surface area contributed by atoms with E-state index in [1.54, 1.807) is 6.07 Å². The fourth-order valence-corrected chi connectivity index (χ4v) is 3.59. The summed E-state index contributed by atoms with van der Waals surface area (Å²) in [5, 5.41) is 16.3. The molecule has 1 heterocycles. The van der Waals surface area contributed by atoms with E-state index in [1.807, 2.05) is 0 Å². The van der Waals surface area contributed by atoms with Crippen LogP contribution in [0.2, 0.25) is 0 Å². The summed E-state index contributed by atoms with van der Waals surface area (Å²) in [6.45, 7) is 0.109. The molecule has 1 aliphatic heterocycles. The molecular weight excluding hydrogens is 368 g/mol. The van der Waals surface area contributed by atoms with E-state index < -0.39 is 16.4 Å². The third-order valence-corrected chi connectivity index (χ3v) is 5.00. The first-order valence-corrected chi connectivity index (χ1v) is 9.20. The number of nitrogens with zero attached hydrogens (tertiary/aromatic N) is 2. The molecule has 3 rings (SSSR count). The van der Waals surface area contributed by atoms with Crippen molar-refractivity contribution in [2.24, 2.45) is 0 Å². The maximum Gasteiger partial charge on any atom is 0.325 e. The molecule has 1 spiro atoms. The van der Waals surface area contributed by atoms with Crippen molar-refractivity contribution in [1.29, 1.82) is 0 Å². The topological polar surface area (TPSA) is 131 Å². The van der Waals surface area contributed by atoms with Crippen LogP contribution in [0.15, 0.2) is 24.3 Å². The Kier molecular flexibility index (Phi) is 5.76. The Morgan fingerprint density at radius 3 is 2.71 bits per heavy atom. The van der Waals surface area contributed by atoms with E-state index in [4.69, 9.17) is 4.74 Å². The molecule has 2 aliphatic rings. The largest absolute Gasteiger partial charge is 0.477 e. The number of benzene rings is 1. The summed E-state index contributed by atoms with van der Waals surface area (Å²) >= 11 is 0. The number of para-hydroxylation sites is 2. The van der Waals surface area contributed by atoms with Gasteiger partial charge in [-0.2, -0.15) is 0 Å². The number of nitro groups is 1. The van der Waals surface area contributed by atoms with Gasteiger partial charge in [0.1, 0.15) is 5.54 Å². The van der Waals surface area contributed by atoms with Crippen LogP contribution in [0.5, 0.6) is 5.75 Å². The van der Waals surface area contributed by atoms with Crippen molar-refractivity contribution in [1.82, 2.24) is 15.5 Å². The monoisotopic (exact) mass is 390 g/mol. The van der Waals surface area contributed by atoms with Crippen LogP contribution in [0.3, 0.4) is 0 Å². The molecule has 2 fully saturated rings. The highest BCUT2D eigenvalue weighted by atomic mass is 16.6. The number of carbonyl (C=O) groups excluding carboxylic acids is 3. The van der Waals surface area contributed by atoms with Gasteiger partial charge in [0.25, 0.3) is 11.8 Å². The van der Waals surface area contributed by atoms with E-state index in [0.717, 1.165) is 12.8 Å². The molecule has 28 heavy (non-hydrogen) atoms. The molecule has 1 saturated heterocycles. The minimum Gasteiger partial charge on any atom is -0.477 e. The zero-order valence-electron chi connectivity index (χ0n) is 15.3. The lowest BCUT2D eigenvalue weighted by atomic mass is 9.98. The molecule has 2 N–H and O–H groups in total. The Hall–Kier alpha value is -3.17. The lowest BCUT2D eigenvalue weighted by Crippen LogP contribution is -2.44. The van der Waals surface area contributed by atoms with Gasteiger partial charge >= 0.3 is 11.7 Å². The lowest BCUT2D eigenvalue weighted by molar-refractivity contribution is -0.385. The van der Waals surface area contributed by atoms with Gasteiger partial charge < -0.3 is 15.4 Å². The molecule has 10 heteroatoms. The highest BCUT2D eigenvalue weighted by Crippen LogP contribution is 2.35. The SMILES string of the molecule is O=C(COc1ccccc1[N+](=O)[O-])NCCCN1C(=O)NC2(CCCC2)C1=O. The van der Waals surface area contributed by atoms with Crippen LogP contribution < -0.4 is 15.4 Å². The van der Waals surface area contributed by atoms with Crippen LogP contribution >= 0.6 is 0 Å². The van der Waals surface area contributed by atoms with E-state index in [0.29, 0.717) is 19.3 Å². The smallest absolute Gasteiger partial charge is 0.325 e. The van der Waals surface area contributed by atoms with Gasteiger partial charge in [-0.3, -0.25) is 24.6 Å². The number of nitro benzene ring substituents is 1. The summed E-state index contributed by atoms with van der Waals surface area (Å²) in [5.74, 6) is -0.604. The number of amides is 4. The summed E-state index contributed by atoms with van der Waals surface area (Å²) in [4.78, 5) is 47.9. The van der Waals surface area contributed by atoms with Gasteiger partial charge in [-0.1, -0.05) is 25.0 Å². The minimum absolute atomic E-state index is 0.0175. The average molecular weight is 390 g/mol. The summed E-state index contributed by atoms with van der Waals surface area (Å²) in [5.41, 5.74) is -0.937. The van der Waals surface area contributed by atoms with Gasteiger partial charge in [-0.15, -0.1) is 0 Å². The number of hydrogen-bond acceptors (Lipinski definition) is 6. The number of rotatable bonds is 8. The average Bonchev–Trinajstić information content (AvgIpc) is 3.23. The molecule has 1 saturated carbocycles. The van der Waals surface area contributed by atoms with E-state index in [1.165, 1.54) is 23.1 Å². The first-order chi connectivity index (χ1) is 13.4. The number of nitrogens with one attached hydrogen (secondary N) is 2. The quantitative estimate of drug-likeness (QED) is 0.298. The Balaban J connectivity index is 1.40. The highest BCUT2D eigenvalue weighted by molar-refractivity contribution is 6.07. The third-order valence-electron chi connectivity index (χ3n) is 5.00. The second kappa shape index (κ2) is 8.24. The number of imide groups is 1. The molecule has 1 aliphatic carbocycles. The second-order valence-corrected chi connectivity index (χ2v) is 6.89. The van der Waals surface area contributed by atoms with Crippen LogP contribution in [0, 0.1) is 10.1 Å². The van der Waals surface area contributed by atoms with Crippen LogP contribution in [-0.4, -0.2) is 52.9 Å². The maximum absolute atomic E-state index is 12.5. The molecule has 0 unspecified atom stereocenters. The normalized spacial score (nSPS) is 17.6. The summed E-state index contributed by atoms with van der Waals surface area (Å²) < 4.78 is 5.21. The fraction of sp³-hybridized carbons (Fsp3) is 0.500. The van der Waals surface area contributed by atoms with Crippen LogP contribution in [0.25, 0.3) is 0 Å². The molecule has 10 nitrogen and oxygen atoms in total. The van der Waals surface area contributed by atoms with E-state index in [2.05, 4.69) is 10.6 Å². The number of hydrogen-bond donors (Lipinski definition) is 2. The molecule has 0 atom stereocenters. The zero-order valence-corrected chi connectivity index (χ0v) is 15.3. The number of ether oxygens (including phenoxy) is 1. The Morgan fingerprint density at radius 2 is 2.00 bits per heavy atom. The Bertz CT molecular complexity index is 790. The van der Waals surface area contributed by atoms with Crippen molar-refractivity contribution >= 4 is 23.5 Å². The van der Waals surface area contributed by atoms with Gasteiger partial charge in [0.15, 0.2) is 12.4 Å². The molecule has 4 amide bonds. The molecule has 0 radical (unpaired) electrons. The van der Waals surface area contributed by atoms with E-state index in [-0.39, 0.29) is 43.1 Å². The predicted octanol–water partition coefficient (Wildman–Crippen LogP) is 1.34. The molecule has 150 valence electrons. The standard InChI is InChI=1S/C18H22N4O6/c23-15(12-28-14-7-2-1-6-13(14)22(26)27)19-10-5-11-21-16(24)18(20-17(21)25)8-3-4-9-18/h1-2,6-7H,3-5,8-12H2,(H,19,23)(H,20,25). The summed E-state index contributed by atoms with van der Waals surface area (Å²) in [6.07, 6.45) is 3.61. The van der Waals surface area contributed by atoms with Crippen molar-refractivity contribution in [3.63, 3.8) is 0 Å². The molecule has 0 aromatic heterocycles. The van der Waals surface area contributed by atoms with Gasteiger partial charge in [0, 0.05) is 19.2 Å². The Labute approximate surface area is 161 Å². The van der Waals surface area contributed by atoms with E-state index in [9.17, 15) is 24.5 Å². The van der Waals surface area contributed by atoms with Gasteiger partial charge in [0.2, 0.25) is 0 Å². The number of urea groups is 1. The maximum atomic E-state index is 12.5. The van der Waals surface area contributed by atoms with Crippen LogP contribution in [-0.2, 0) is 9.59 Å². The van der Waals surface area contributed by atoms with Crippen molar-refractivity contribution in [2.75, 3.05) is 19.7 Å². The van der Waals surface area contributed by atoms with Crippen molar-refractivity contribution in [3.8, 4) is 5.75 Å². The highest BCUT2D eigenvalue weighted by Gasteiger charge is 2.51. The van der Waals surface area contributed by atoms with Gasteiger partial charge in [0.05, 0.1) is 4.92 Å². The predicted molar refractivity (Wildman–Crippen MR) is 97.7 cm³/mol. The fourth-order valence-electron chi connectivity index (χ4n) is 3.59. The molecule has 0 bridgehead atoms. The molecule has 1 aromatic rings. The first kappa shape index (κ1) is 19.6. The summed E-state index contributed by atoms with van der Waals surface area (Å²) in [6, 6.07) is 5.43. The minimum atomic E-state index is -0.724. The molecule has 1 aromatic carbocycles. The first-order valence-electron chi connectivity index (χ1n) is 9.20.